The lowest BCUT2D eigenvalue weighted by atomic mass is 10.2. The Kier molecular flexibility index (Phi) is 3.03. The van der Waals surface area contributed by atoms with E-state index in [-0.39, 0.29) is 6.04 Å². The van der Waals surface area contributed by atoms with Gasteiger partial charge in [-0.1, -0.05) is 0 Å². The van der Waals surface area contributed by atoms with E-state index in [1.54, 1.807) is 0 Å². The van der Waals surface area contributed by atoms with Crippen LogP contribution in [0, 0.1) is 0 Å². The third-order valence-electron chi connectivity index (χ3n) is 3.27. The highest BCUT2D eigenvalue weighted by Crippen LogP contribution is 2.14. The molecule has 2 aliphatic rings. The summed E-state index contributed by atoms with van der Waals surface area (Å²) in [6.07, 6.45) is 3.24. The van der Waals surface area contributed by atoms with Gasteiger partial charge in [-0.05, 0) is 32.9 Å². The quantitative estimate of drug-likeness (QED) is 0.631. The number of carbonyl (C=O) groups is 1. The molecule has 2 fully saturated rings. The van der Waals surface area contributed by atoms with Crippen LogP contribution >= 0.6 is 0 Å². The number of likely N-dealkylation sites (tertiary alicyclic amines) is 1. The molecule has 0 bridgehead atoms. The topological polar surface area (TPSA) is 44.4 Å². The first-order valence-electron chi connectivity index (χ1n) is 5.50. The van der Waals surface area contributed by atoms with Gasteiger partial charge in [-0.2, -0.15) is 0 Å². The molecule has 0 saturated carbocycles. The van der Waals surface area contributed by atoms with E-state index < -0.39 is 0 Å². The number of amides is 1. The molecule has 2 aliphatic heterocycles. The molecule has 0 aromatic heterocycles. The Labute approximate surface area is 85.0 Å². The third kappa shape index (κ3) is 1.91. The van der Waals surface area contributed by atoms with Gasteiger partial charge in [0.15, 0.2) is 0 Å². The first kappa shape index (κ1) is 9.93. The molecule has 2 N–H and O–H groups in total. The van der Waals surface area contributed by atoms with Gasteiger partial charge in [-0.15, -0.1) is 0 Å². The van der Waals surface area contributed by atoms with E-state index in [9.17, 15) is 4.79 Å². The molecular weight excluding hydrogens is 178 g/mol. The van der Waals surface area contributed by atoms with Crippen molar-refractivity contribution in [2.45, 2.75) is 31.3 Å². The highest BCUT2D eigenvalue weighted by Gasteiger charge is 2.31. The predicted molar refractivity (Wildman–Crippen MR) is 55.1 cm³/mol. The van der Waals surface area contributed by atoms with E-state index in [1.165, 1.54) is 0 Å². The Bertz CT molecular complexity index is 213. The molecule has 4 nitrogen and oxygen atoms in total. The SMILES string of the molecule is CNC1CCN(C(=O)[C@H]2CCCN2)C1. The van der Waals surface area contributed by atoms with Crippen LogP contribution in [0.15, 0.2) is 0 Å². The zero-order valence-electron chi connectivity index (χ0n) is 8.75. The van der Waals surface area contributed by atoms with Crippen molar-refractivity contribution in [1.82, 2.24) is 15.5 Å². The van der Waals surface area contributed by atoms with Crippen molar-refractivity contribution in [3.8, 4) is 0 Å². The summed E-state index contributed by atoms with van der Waals surface area (Å²) < 4.78 is 0. The molecule has 2 heterocycles. The fourth-order valence-corrected chi connectivity index (χ4v) is 2.31. The minimum atomic E-state index is 0.102. The Balaban J connectivity index is 1.86. The fourth-order valence-electron chi connectivity index (χ4n) is 2.31. The van der Waals surface area contributed by atoms with Gasteiger partial charge in [0.1, 0.15) is 0 Å². The van der Waals surface area contributed by atoms with Gasteiger partial charge < -0.3 is 15.5 Å². The van der Waals surface area contributed by atoms with Crippen LogP contribution in [0.2, 0.25) is 0 Å². The highest BCUT2D eigenvalue weighted by atomic mass is 16.2. The van der Waals surface area contributed by atoms with Crippen molar-refractivity contribution >= 4 is 5.91 Å². The van der Waals surface area contributed by atoms with E-state index in [0.717, 1.165) is 38.9 Å². The molecular formula is C10H19N3O. The zero-order chi connectivity index (χ0) is 9.97. The number of rotatable bonds is 2. The van der Waals surface area contributed by atoms with Gasteiger partial charge in [0.2, 0.25) is 5.91 Å². The van der Waals surface area contributed by atoms with E-state index >= 15 is 0 Å². The van der Waals surface area contributed by atoms with Crippen molar-refractivity contribution in [3.05, 3.63) is 0 Å². The van der Waals surface area contributed by atoms with Crippen molar-refractivity contribution in [1.29, 1.82) is 0 Å². The molecule has 0 radical (unpaired) electrons. The van der Waals surface area contributed by atoms with Crippen LogP contribution < -0.4 is 10.6 Å². The maximum Gasteiger partial charge on any atom is 0.239 e. The van der Waals surface area contributed by atoms with Crippen LogP contribution in [-0.2, 0) is 4.79 Å². The Morgan fingerprint density at radius 1 is 1.50 bits per heavy atom. The summed E-state index contributed by atoms with van der Waals surface area (Å²) >= 11 is 0. The molecule has 2 atom stereocenters. The number of hydrogen-bond donors (Lipinski definition) is 2. The summed E-state index contributed by atoms with van der Waals surface area (Å²) in [5.41, 5.74) is 0. The number of carbonyl (C=O) groups excluding carboxylic acids is 1. The smallest absolute Gasteiger partial charge is 0.239 e. The molecule has 80 valence electrons. The fraction of sp³-hybridized carbons (Fsp3) is 0.900. The molecule has 2 rings (SSSR count). The number of likely N-dealkylation sites (N-methyl/N-ethyl adjacent to an activating group) is 1. The lowest BCUT2D eigenvalue weighted by molar-refractivity contribution is -0.132. The van der Waals surface area contributed by atoms with Gasteiger partial charge in [-0.25, -0.2) is 0 Å². The largest absolute Gasteiger partial charge is 0.340 e. The lowest BCUT2D eigenvalue weighted by Crippen LogP contribution is -2.43. The van der Waals surface area contributed by atoms with Crippen molar-refractivity contribution in [2.24, 2.45) is 0 Å². The maximum absolute atomic E-state index is 11.9. The van der Waals surface area contributed by atoms with Crippen LogP contribution in [0.1, 0.15) is 19.3 Å². The van der Waals surface area contributed by atoms with Crippen LogP contribution in [0.3, 0.4) is 0 Å². The summed E-state index contributed by atoms with van der Waals surface area (Å²) in [4.78, 5) is 13.9. The average Bonchev–Trinajstić information content (AvgIpc) is 2.88. The van der Waals surface area contributed by atoms with Crippen LogP contribution in [0.25, 0.3) is 0 Å². The normalized spacial score (nSPS) is 32.5. The van der Waals surface area contributed by atoms with Crippen molar-refractivity contribution in [3.63, 3.8) is 0 Å². The molecule has 0 aromatic carbocycles. The number of hydrogen-bond acceptors (Lipinski definition) is 3. The summed E-state index contributed by atoms with van der Waals surface area (Å²) in [6, 6.07) is 0.603. The van der Waals surface area contributed by atoms with Crippen molar-refractivity contribution in [2.75, 3.05) is 26.7 Å². The minimum absolute atomic E-state index is 0.102. The molecule has 1 amide bonds. The Hall–Kier alpha value is -0.610. The summed E-state index contributed by atoms with van der Waals surface area (Å²) in [5.74, 6) is 0.306. The molecule has 0 spiro atoms. The molecule has 2 saturated heterocycles. The van der Waals surface area contributed by atoms with Gasteiger partial charge in [0.05, 0.1) is 6.04 Å². The van der Waals surface area contributed by atoms with Crippen molar-refractivity contribution < 1.29 is 4.79 Å². The second-order valence-electron chi connectivity index (χ2n) is 4.21. The van der Waals surface area contributed by atoms with E-state index in [4.69, 9.17) is 0 Å². The summed E-state index contributed by atoms with van der Waals surface area (Å²) in [5, 5.41) is 6.48. The second kappa shape index (κ2) is 4.28. The maximum atomic E-state index is 11.9. The van der Waals surface area contributed by atoms with Crippen LogP contribution in [0.4, 0.5) is 0 Å². The monoisotopic (exact) mass is 197 g/mol. The van der Waals surface area contributed by atoms with E-state index in [1.807, 2.05) is 11.9 Å². The zero-order valence-corrected chi connectivity index (χ0v) is 8.75. The second-order valence-corrected chi connectivity index (χ2v) is 4.21. The van der Waals surface area contributed by atoms with Crippen LogP contribution in [0.5, 0.6) is 0 Å². The summed E-state index contributed by atoms with van der Waals surface area (Å²) in [7, 11) is 1.96. The molecule has 0 aromatic rings. The minimum Gasteiger partial charge on any atom is -0.340 e. The molecule has 14 heavy (non-hydrogen) atoms. The van der Waals surface area contributed by atoms with E-state index in [2.05, 4.69) is 10.6 Å². The number of nitrogens with one attached hydrogen (secondary N) is 2. The van der Waals surface area contributed by atoms with Gasteiger partial charge in [-0.3, -0.25) is 4.79 Å². The average molecular weight is 197 g/mol. The first-order valence-corrected chi connectivity index (χ1v) is 5.50. The molecule has 4 heteroatoms. The van der Waals surface area contributed by atoms with Gasteiger partial charge in [0.25, 0.3) is 0 Å². The number of nitrogens with zero attached hydrogens (tertiary/aromatic N) is 1. The van der Waals surface area contributed by atoms with Crippen LogP contribution in [-0.4, -0.2) is 49.6 Å². The highest BCUT2D eigenvalue weighted by molar-refractivity contribution is 5.82. The molecule has 0 aliphatic carbocycles. The predicted octanol–water partition coefficient (Wildman–Crippen LogP) is -0.441. The Morgan fingerprint density at radius 2 is 2.36 bits per heavy atom. The lowest BCUT2D eigenvalue weighted by Gasteiger charge is -2.20. The van der Waals surface area contributed by atoms with Gasteiger partial charge >= 0.3 is 0 Å². The standard InChI is InChI=1S/C10H19N3O/c1-11-8-4-6-13(7-8)10(14)9-3-2-5-12-9/h8-9,11-12H,2-7H2,1H3/t8?,9-/m1/s1. The molecule has 1 unspecified atom stereocenters. The third-order valence-corrected chi connectivity index (χ3v) is 3.27. The van der Waals surface area contributed by atoms with Gasteiger partial charge in [0, 0.05) is 19.1 Å². The summed E-state index contributed by atoms with van der Waals surface area (Å²) in [6.45, 7) is 2.80. The Morgan fingerprint density at radius 3 is 2.93 bits per heavy atom. The first-order chi connectivity index (χ1) is 6.81. The van der Waals surface area contributed by atoms with E-state index in [0.29, 0.717) is 11.9 Å².